The van der Waals surface area contributed by atoms with Crippen molar-refractivity contribution in [3.63, 3.8) is 0 Å². The smallest absolute Gasteiger partial charge is 0.0702 e. The average molecular weight is 286 g/mol. The number of benzene rings is 1. The summed E-state index contributed by atoms with van der Waals surface area (Å²) in [6, 6.07) is 5.58. The van der Waals surface area contributed by atoms with Gasteiger partial charge in [-0.25, -0.2) is 0 Å². The van der Waals surface area contributed by atoms with E-state index in [1.807, 2.05) is 12.1 Å². The third-order valence-electron chi connectivity index (χ3n) is 1.28. The maximum atomic E-state index is 8.76. The maximum absolute atomic E-state index is 8.76. The van der Waals surface area contributed by atoms with Crippen molar-refractivity contribution in [2.45, 2.75) is 6.61 Å². The SMILES string of the molecule is Cl.Nc1ccc(I)cc1CO. The van der Waals surface area contributed by atoms with Gasteiger partial charge in [-0.15, -0.1) is 12.4 Å². The lowest BCUT2D eigenvalue weighted by Gasteiger charge is -2.00. The Morgan fingerprint density at radius 3 is 2.55 bits per heavy atom. The first kappa shape index (κ1) is 11.0. The number of aliphatic hydroxyl groups excluding tert-OH is 1. The van der Waals surface area contributed by atoms with Crippen LogP contribution >= 0.6 is 35.0 Å². The molecule has 0 radical (unpaired) electrons. The van der Waals surface area contributed by atoms with E-state index < -0.39 is 0 Å². The van der Waals surface area contributed by atoms with Crippen molar-refractivity contribution in [3.05, 3.63) is 27.3 Å². The van der Waals surface area contributed by atoms with E-state index in [4.69, 9.17) is 10.8 Å². The molecule has 0 saturated carbocycles. The quantitative estimate of drug-likeness (QED) is 0.610. The normalized spacial score (nSPS) is 8.91. The standard InChI is InChI=1S/C7H8INO.ClH/c8-6-1-2-7(9)5(3-6)4-10;/h1-3,10H,4,9H2;1H. The van der Waals surface area contributed by atoms with Crippen LogP contribution in [0.25, 0.3) is 0 Å². The van der Waals surface area contributed by atoms with Crippen LogP contribution in [0, 0.1) is 3.57 Å². The molecule has 0 heterocycles. The van der Waals surface area contributed by atoms with E-state index in [1.54, 1.807) is 6.07 Å². The van der Waals surface area contributed by atoms with Gasteiger partial charge in [-0.3, -0.25) is 0 Å². The summed E-state index contributed by atoms with van der Waals surface area (Å²) in [4.78, 5) is 0. The molecular weight excluding hydrogens is 276 g/mol. The van der Waals surface area contributed by atoms with Crippen molar-refractivity contribution in [2.24, 2.45) is 0 Å². The topological polar surface area (TPSA) is 46.2 Å². The second kappa shape index (κ2) is 4.79. The highest BCUT2D eigenvalue weighted by Gasteiger charge is 1.96. The zero-order valence-corrected chi connectivity index (χ0v) is 8.72. The molecule has 62 valence electrons. The second-order valence-electron chi connectivity index (χ2n) is 2.00. The van der Waals surface area contributed by atoms with Gasteiger partial charge in [0, 0.05) is 14.8 Å². The Labute approximate surface area is 85.3 Å². The molecule has 1 aromatic rings. The summed E-state index contributed by atoms with van der Waals surface area (Å²) < 4.78 is 1.09. The molecule has 2 nitrogen and oxygen atoms in total. The Kier molecular flexibility index (Phi) is 4.79. The highest BCUT2D eigenvalue weighted by atomic mass is 127. The van der Waals surface area contributed by atoms with E-state index in [9.17, 15) is 0 Å². The van der Waals surface area contributed by atoms with Crippen LogP contribution in [0.1, 0.15) is 5.56 Å². The second-order valence-corrected chi connectivity index (χ2v) is 3.25. The van der Waals surface area contributed by atoms with Crippen LogP contribution in [0.5, 0.6) is 0 Å². The van der Waals surface area contributed by atoms with Crippen molar-refractivity contribution >= 4 is 40.7 Å². The van der Waals surface area contributed by atoms with E-state index in [1.165, 1.54) is 0 Å². The number of nitrogens with two attached hydrogens (primary N) is 1. The number of aliphatic hydroxyl groups is 1. The summed E-state index contributed by atoms with van der Waals surface area (Å²) >= 11 is 2.18. The Hall–Kier alpha value is -0.0000000000000000763. The molecule has 0 amide bonds. The molecule has 11 heavy (non-hydrogen) atoms. The Morgan fingerprint density at radius 1 is 1.45 bits per heavy atom. The van der Waals surface area contributed by atoms with Gasteiger partial charge >= 0.3 is 0 Å². The molecule has 3 N–H and O–H groups in total. The largest absolute Gasteiger partial charge is 0.398 e. The van der Waals surface area contributed by atoms with Crippen LogP contribution < -0.4 is 5.73 Å². The van der Waals surface area contributed by atoms with E-state index in [-0.39, 0.29) is 19.0 Å². The lowest BCUT2D eigenvalue weighted by Crippen LogP contribution is -1.93. The Bertz CT molecular complexity index is 242. The summed E-state index contributed by atoms with van der Waals surface area (Å²) in [6.45, 7) is 0.0165. The molecule has 0 aliphatic carbocycles. The molecule has 0 spiro atoms. The third-order valence-corrected chi connectivity index (χ3v) is 1.95. The van der Waals surface area contributed by atoms with Gasteiger partial charge in [0.05, 0.1) is 6.61 Å². The van der Waals surface area contributed by atoms with Crippen molar-refractivity contribution in [3.8, 4) is 0 Å². The van der Waals surface area contributed by atoms with E-state index in [2.05, 4.69) is 22.6 Å². The van der Waals surface area contributed by atoms with Crippen molar-refractivity contribution < 1.29 is 5.11 Å². The highest BCUT2D eigenvalue weighted by molar-refractivity contribution is 14.1. The Balaban J connectivity index is 0.000001000. The molecule has 0 unspecified atom stereocenters. The van der Waals surface area contributed by atoms with Crippen LogP contribution in [0.15, 0.2) is 18.2 Å². The van der Waals surface area contributed by atoms with Crippen LogP contribution in [0.3, 0.4) is 0 Å². The highest BCUT2D eigenvalue weighted by Crippen LogP contribution is 2.14. The average Bonchev–Trinajstić information content (AvgIpc) is 1.94. The van der Waals surface area contributed by atoms with Crippen LogP contribution in [-0.2, 0) is 6.61 Å². The molecule has 0 bridgehead atoms. The van der Waals surface area contributed by atoms with Gasteiger partial charge in [-0.1, -0.05) is 0 Å². The zero-order valence-electron chi connectivity index (χ0n) is 5.75. The number of halogens is 2. The minimum atomic E-state index is 0. The minimum absolute atomic E-state index is 0. The fourth-order valence-electron chi connectivity index (χ4n) is 0.711. The van der Waals surface area contributed by atoms with Crippen LogP contribution in [-0.4, -0.2) is 5.11 Å². The monoisotopic (exact) mass is 285 g/mol. The number of nitrogen functional groups attached to an aromatic ring is 1. The molecule has 0 aliphatic rings. The van der Waals surface area contributed by atoms with Gasteiger partial charge in [0.1, 0.15) is 0 Å². The fourth-order valence-corrected chi connectivity index (χ4v) is 1.27. The van der Waals surface area contributed by atoms with Gasteiger partial charge in [0.25, 0.3) is 0 Å². The van der Waals surface area contributed by atoms with E-state index >= 15 is 0 Å². The predicted octanol–water partition coefficient (Wildman–Crippen LogP) is 1.79. The first-order valence-corrected chi connectivity index (χ1v) is 3.96. The molecule has 0 fully saturated rings. The Morgan fingerprint density at radius 2 is 2.09 bits per heavy atom. The lowest BCUT2D eigenvalue weighted by atomic mass is 10.2. The molecule has 4 heteroatoms. The van der Waals surface area contributed by atoms with E-state index in [0.29, 0.717) is 5.69 Å². The first-order chi connectivity index (χ1) is 4.74. The number of hydrogen-bond donors (Lipinski definition) is 2. The van der Waals surface area contributed by atoms with E-state index in [0.717, 1.165) is 9.13 Å². The van der Waals surface area contributed by atoms with Gasteiger partial charge in [0.15, 0.2) is 0 Å². The van der Waals surface area contributed by atoms with Crippen molar-refractivity contribution in [1.82, 2.24) is 0 Å². The summed E-state index contributed by atoms with van der Waals surface area (Å²) in [5, 5.41) is 8.76. The molecule has 0 aliphatic heterocycles. The summed E-state index contributed by atoms with van der Waals surface area (Å²) in [5.41, 5.74) is 6.99. The molecule has 1 aromatic carbocycles. The fraction of sp³-hybridized carbons (Fsp3) is 0.143. The first-order valence-electron chi connectivity index (χ1n) is 2.89. The predicted molar refractivity (Wildman–Crippen MR) is 56.7 cm³/mol. The zero-order chi connectivity index (χ0) is 7.56. The molecular formula is C7H9ClINO. The summed E-state index contributed by atoms with van der Waals surface area (Å²) in [5.74, 6) is 0. The van der Waals surface area contributed by atoms with Crippen LogP contribution in [0.4, 0.5) is 5.69 Å². The summed E-state index contributed by atoms with van der Waals surface area (Å²) in [6.07, 6.45) is 0. The lowest BCUT2D eigenvalue weighted by molar-refractivity contribution is 0.282. The van der Waals surface area contributed by atoms with Crippen molar-refractivity contribution in [1.29, 1.82) is 0 Å². The third kappa shape index (κ3) is 2.84. The van der Waals surface area contributed by atoms with Gasteiger partial charge in [0.2, 0.25) is 0 Å². The summed E-state index contributed by atoms with van der Waals surface area (Å²) in [7, 11) is 0. The minimum Gasteiger partial charge on any atom is -0.398 e. The van der Waals surface area contributed by atoms with Gasteiger partial charge < -0.3 is 10.8 Å². The maximum Gasteiger partial charge on any atom is 0.0702 e. The molecule has 1 rings (SSSR count). The number of hydrogen-bond acceptors (Lipinski definition) is 2. The van der Waals surface area contributed by atoms with Gasteiger partial charge in [-0.05, 0) is 40.8 Å². The molecule has 0 atom stereocenters. The van der Waals surface area contributed by atoms with Crippen molar-refractivity contribution in [2.75, 3.05) is 5.73 Å². The number of rotatable bonds is 1. The molecule has 0 aromatic heterocycles. The van der Waals surface area contributed by atoms with Crippen LogP contribution in [0.2, 0.25) is 0 Å². The number of anilines is 1. The molecule has 0 saturated heterocycles. The van der Waals surface area contributed by atoms with Gasteiger partial charge in [-0.2, -0.15) is 0 Å².